The number of hydrogen-bond donors (Lipinski definition) is 1. The molecule has 0 saturated heterocycles. The smallest absolute Gasteiger partial charge is 0.233 e. The van der Waals surface area contributed by atoms with Crippen LogP contribution in [-0.4, -0.2) is 34.1 Å². The maximum atomic E-state index is 14.6. The molecule has 0 radical (unpaired) electrons. The van der Waals surface area contributed by atoms with Gasteiger partial charge in [-0.15, -0.1) is 10.2 Å². The van der Waals surface area contributed by atoms with Crippen LogP contribution in [0, 0.1) is 5.82 Å². The summed E-state index contributed by atoms with van der Waals surface area (Å²) >= 11 is 0. The molecule has 1 N–H and O–H groups in total. The SMILES string of the molecule is O=S1(=O)C(F)=Cc2cc(-c3cnc(NCc4c(F)ccc5c4[C@H]4CC4O5)n4cnnc34)ccc21. The minimum atomic E-state index is -4.07. The third-order valence-electron chi connectivity index (χ3n) is 6.53. The lowest BCUT2D eigenvalue weighted by Gasteiger charge is -2.14. The highest BCUT2D eigenvalue weighted by Crippen LogP contribution is 2.55. The number of benzene rings is 2. The number of hydrogen-bond acceptors (Lipinski definition) is 7. The molecule has 1 aliphatic carbocycles. The van der Waals surface area contributed by atoms with Crippen molar-refractivity contribution >= 4 is 27.5 Å². The molecule has 2 aromatic heterocycles. The molecule has 34 heavy (non-hydrogen) atoms. The first-order valence-electron chi connectivity index (χ1n) is 10.6. The minimum Gasteiger partial charge on any atom is -0.489 e. The van der Waals surface area contributed by atoms with E-state index in [9.17, 15) is 17.2 Å². The van der Waals surface area contributed by atoms with E-state index in [-0.39, 0.29) is 34.8 Å². The Morgan fingerprint density at radius 1 is 1.21 bits per heavy atom. The van der Waals surface area contributed by atoms with Crippen LogP contribution >= 0.6 is 0 Å². The highest BCUT2D eigenvalue weighted by molar-refractivity contribution is 7.95. The Kier molecular flexibility index (Phi) is 3.80. The van der Waals surface area contributed by atoms with Crippen molar-refractivity contribution in [2.45, 2.75) is 29.9 Å². The maximum Gasteiger partial charge on any atom is 0.233 e. The van der Waals surface area contributed by atoms with E-state index >= 15 is 0 Å². The fourth-order valence-corrected chi connectivity index (χ4v) is 5.94. The summed E-state index contributed by atoms with van der Waals surface area (Å²) in [5.74, 6) is 1.10. The monoisotopic (exact) mass is 479 g/mol. The van der Waals surface area contributed by atoms with Crippen LogP contribution in [0.25, 0.3) is 22.9 Å². The van der Waals surface area contributed by atoms with Gasteiger partial charge in [0.15, 0.2) is 5.65 Å². The van der Waals surface area contributed by atoms with Crippen molar-refractivity contribution in [3.8, 4) is 16.9 Å². The van der Waals surface area contributed by atoms with Crippen LogP contribution in [0.5, 0.6) is 5.75 Å². The Morgan fingerprint density at radius 2 is 2.09 bits per heavy atom. The van der Waals surface area contributed by atoms with Crippen LogP contribution in [0.2, 0.25) is 0 Å². The summed E-state index contributed by atoms with van der Waals surface area (Å²) in [6, 6.07) is 7.61. The number of anilines is 1. The molecule has 0 bridgehead atoms. The molecule has 7 rings (SSSR count). The first-order chi connectivity index (χ1) is 16.4. The Hall–Kier alpha value is -3.86. The van der Waals surface area contributed by atoms with Gasteiger partial charge in [-0.3, -0.25) is 4.40 Å². The zero-order valence-electron chi connectivity index (χ0n) is 17.4. The Bertz CT molecular complexity index is 1680. The Balaban J connectivity index is 1.24. The molecule has 3 aliphatic rings. The summed E-state index contributed by atoms with van der Waals surface area (Å²) in [4.78, 5) is 4.40. The molecular weight excluding hydrogens is 464 g/mol. The predicted molar refractivity (Wildman–Crippen MR) is 118 cm³/mol. The number of ether oxygens (including phenoxy) is 1. The van der Waals surface area contributed by atoms with Crippen LogP contribution in [0.15, 0.2) is 52.9 Å². The maximum absolute atomic E-state index is 14.6. The van der Waals surface area contributed by atoms with Crippen molar-refractivity contribution < 1.29 is 21.9 Å². The van der Waals surface area contributed by atoms with Gasteiger partial charge in [-0.05, 0) is 47.9 Å². The molecule has 4 aromatic rings. The van der Waals surface area contributed by atoms with Crippen molar-refractivity contribution in [2.24, 2.45) is 0 Å². The topological polar surface area (TPSA) is 98.5 Å². The zero-order chi connectivity index (χ0) is 23.2. The first kappa shape index (κ1) is 19.6. The third kappa shape index (κ3) is 2.67. The molecule has 2 aromatic carbocycles. The van der Waals surface area contributed by atoms with Gasteiger partial charge in [-0.2, -0.15) is 4.39 Å². The van der Waals surface area contributed by atoms with Gasteiger partial charge in [-0.1, -0.05) is 6.07 Å². The summed E-state index contributed by atoms with van der Waals surface area (Å²) in [5.41, 5.74) is 3.41. The van der Waals surface area contributed by atoms with Crippen LogP contribution in [0.1, 0.15) is 29.0 Å². The zero-order valence-corrected chi connectivity index (χ0v) is 18.2. The molecule has 0 spiro atoms. The van der Waals surface area contributed by atoms with Crippen LogP contribution in [-0.2, 0) is 16.4 Å². The lowest BCUT2D eigenvalue weighted by molar-refractivity contribution is 0.318. The molecular formula is C23H15F2N5O3S. The van der Waals surface area contributed by atoms with Gasteiger partial charge < -0.3 is 10.1 Å². The normalized spacial score (nSPS) is 20.9. The van der Waals surface area contributed by atoms with E-state index in [1.165, 1.54) is 18.5 Å². The average molecular weight is 479 g/mol. The molecule has 0 amide bonds. The van der Waals surface area contributed by atoms with Crippen LogP contribution < -0.4 is 10.1 Å². The highest BCUT2D eigenvalue weighted by atomic mass is 32.2. The third-order valence-corrected chi connectivity index (χ3v) is 8.12. The summed E-state index contributed by atoms with van der Waals surface area (Å²) in [6.45, 7) is 0.210. The van der Waals surface area contributed by atoms with E-state index in [2.05, 4.69) is 20.5 Å². The van der Waals surface area contributed by atoms with E-state index in [0.717, 1.165) is 23.8 Å². The van der Waals surface area contributed by atoms with Crippen LogP contribution in [0.4, 0.5) is 14.7 Å². The summed E-state index contributed by atoms with van der Waals surface area (Å²) in [5, 5.41) is 10.1. The molecule has 11 heteroatoms. The van der Waals surface area contributed by atoms with Crippen molar-refractivity contribution in [2.75, 3.05) is 5.32 Å². The fraction of sp³-hybridized carbons (Fsp3) is 0.174. The van der Waals surface area contributed by atoms with Gasteiger partial charge in [-0.25, -0.2) is 17.8 Å². The highest BCUT2D eigenvalue weighted by Gasteiger charge is 2.49. The Morgan fingerprint density at radius 3 is 2.97 bits per heavy atom. The number of sulfone groups is 1. The predicted octanol–water partition coefficient (Wildman–Crippen LogP) is 3.85. The van der Waals surface area contributed by atoms with Crippen LogP contribution in [0.3, 0.4) is 0 Å². The van der Waals surface area contributed by atoms with Crippen molar-refractivity contribution in [1.29, 1.82) is 0 Å². The number of fused-ring (bicyclic) bond motifs is 5. The molecule has 8 nitrogen and oxygen atoms in total. The van der Waals surface area contributed by atoms with Gasteiger partial charge >= 0.3 is 0 Å². The molecule has 1 saturated carbocycles. The van der Waals surface area contributed by atoms with E-state index in [0.29, 0.717) is 28.3 Å². The summed E-state index contributed by atoms with van der Waals surface area (Å²) in [6.07, 6.45) is 5.12. The summed E-state index contributed by atoms with van der Waals surface area (Å²) in [7, 11) is -4.07. The largest absolute Gasteiger partial charge is 0.489 e. The van der Waals surface area contributed by atoms with E-state index in [1.54, 1.807) is 28.8 Å². The number of nitrogens with zero attached hydrogens (tertiary/aromatic N) is 4. The van der Waals surface area contributed by atoms with Gasteiger partial charge in [0.1, 0.15) is 24.0 Å². The van der Waals surface area contributed by atoms with E-state index < -0.39 is 15.0 Å². The molecule has 4 heterocycles. The quantitative estimate of drug-likeness (QED) is 0.475. The van der Waals surface area contributed by atoms with Crippen molar-refractivity contribution in [3.63, 3.8) is 0 Å². The standard InChI is InChI=1S/C23H15F2N5O3S/c24-16-2-3-17-21(13-7-18(13)33-17)15(16)9-27-23-26-8-14(22-29-28-10-30(22)23)11-1-4-19-12(5-11)6-20(25)34(19,31)32/h1-6,8,10,13,18H,7,9H2,(H,26,27)/t13-,18?/m0/s1. The van der Waals surface area contributed by atoms with Gasteiger partial charge in [0.25, 0.3) is 0 Å². The Labute approximate surface area is 191 Å². The second kappa shape index (κ2) is 6.60. The van der Waals surface area contributed by atoms with Gasteiger partial charge in [0.2, 0.25) is 20.9 Å². The minimum absolute atomic E-state index is 0.0724. The van der Waals surface area contributed by atoms with Crippen molar-refractivity contribution in [3.05, 3.63) is 70.5 Å². The van der Waals surface area contributed by atoms with Gasteiger partial charge in [0.05, 0.1) is 4.90 Å². The molecule has 1 unspecified atom stereocenters. The van der Waals surface area contributed by atoms with Gasteiger partial charge in [0, 0.05) is 35.3 Å². The number of rotatable bonds is 4. The van der Waals surface area contributed by atoms with E-state index in [4.69, 9.17) is 4.74 Å². The molecule has 2 atom stereocenters. The molecule has 1 fully saturated rings. The number of aromatic nitrogens is 4. The fourth-order valence-electron chi connectivity index (χ4n) is 4.77. The lowest BCUT2D eigenvalue weighted by atomic mass is 10.0. The second-order valence-electron chi connectivity index (χ2n) is 8.51. The number of nitrogens with one attached hydrogen (secondary N) is 1. The summed E-state index contributed by atoms with van der Waals surface area (Å²) < 4.78 is 60.0. The number of halogens is 2. The molecule has 170 valence electrons. The molecule has 2 aliphatic heterocycles. The first-order valence-corrected chi connectivity index (χ1v) is 12.1. The average Bonchev–Trinajstić information content (AvgIpc) is 3.14. The lowest BCUT2D eigenvalue weighted by Crippen LogP contribution is -2.10. The second-order valence-corrected chi connectivity index (χ2v) is 10.4. The van der Waals surface area contributed by atoms with Crippen molar-refractivity contribution in [1.82, 2.24) is 19.6 Å². The van der Waals surface area contributed by atoms with E-state index in [1.807, 2.05) is 0 Å².